The molecule has 0 radical (unpaired) electrons. The quantitative estimate of drug-likeness (QED) is 0.802. The van der Waals surface area contributed by atoms with Gasteiger partial charge >= 0.3 is 0 Å². The maximum atomic E-state index is 5.46. The highest BCUT2D eigenvalue weighted by Crippen LogP contribution is 2.52. The van der Waals surface area contributed by atoms with E-state index in [0.717, 1.165) is 18.7 Å². The Labute approximate surface area is 127 Å². The van der Waals surface area contributed by atoms with Crippen LogP contribution in [0.1, 0.15) is 30.4 Å². The van der Waals surface area contributed by atoms with Crippen molar-refractivity contribution in [3.63, 3.8) is 0 Å². The van der Waals surface area contributed by atoms with E-state index in [1.165, 1.54) is 24.8 Å². The number of hydrogen-bond acceptors (Lipinski definition) is 2. The Morgan fingerprint density at radius 1 is 1.30 bits per heavy atom. The molecule has 3 heteroatoms. The zero-order valence-electron chi connectivity index (χ0n) is 11.9. The minimum Gasteiger partial charge on any atom is -0.497 e. The Bertz CT molecular complexity index is 542. The normalized spacial score (nSPS) is 33.6. The fourth-order valence-electron chi connectivity index (χ4n) is 4.56. The lowest BCUT2D eigenvalue weighted by Gasteiger charge is -2.54. The van der Waals surface area contributed by atoms with Crippen LogP contribution in [0.5, 0.6) is 5.75 Å². The molecule has 4 rings (SSSR count). The molecule has 0 saturated carbocycles. The second-order valence-corrected chi connectivity index (χ2v) is 6.19. The molecular formula is C17H22ClNO. The summed E-state index contributed by atoms with van der Waals surface area (Å²) in [6.07, 6.45) is 9.80. The van der Waals surface area contributed by atoms with Gasteiger partial charge in [-0.1, -0.05) is 18.2 Å². The van der Waals surface area contributed by atoms with E-state index < -0.39 is 0 Å². The number of halogens is 1. The largest absolute Gasteiger partial charge is 0.497 e. The van der Waals surface area contributed by atoms with Crippen LogP contribution in [0.15, 0.2) is 30.4 Å². The number of nitrogens with one attached hydrogen (secondary N) is 1. The van der Waals surface area contributed by atoms with Crippen LogP contribution in [-0.4, -0.2) is 19.7 Å². The van der Waals surface area contributed by atoms with E-state index in [0.29, 0.717) is 17.4 Å². The molecule has 3 aliphatic rings. The Kier molecular flexibility index (Phi) is 3.55. The Morgan fingerprint density at radius 3 is 3.05 bits per heavy atom. The molecule has 1 aliphatic heterocycles. The van der Waals surface area contributed by atoms with Crippen molar-refractivity contribution in [1.82, 2.24) is 5.32 Å². The lowest BCUT2D eigenvalue weighted by molar-refractivity contribution is 0.146. The second-order valence-electron chi connectivity index (χ2n) is 6.19. The van der Waals surface area contributed by atoms with Crippen molar-refractivity contribution in [2.24, 2.45) is 5.92 Å². The average molecular weight is 292 g/mol. The zero-order valence-corrected chi connectivity index (χ0v) is 12.7. The first-order valence-corrected chi connectivity index (χ1v) is 7.41. The average Bonchev–Trinajstić information content (AvgIpc) is 2.47. The Morgan fingerprint density at radius 2 is 2.20 bits per heavy atom. The molecule has 1 fully saturated rings. The monoisotopic (exact) mass is 291 g/mol. The van der Waals surface area contributed by atoms with Gasteiger partial charge in [-0.05, 0) is 55.5 Å². The Hall–Kier alpha value is -0.990. The number of ether oxygens (including phenoxy) is 1. The van der Waals surface area contributed by atoms with E-state index in [9.17, 15) is 0 Å². The van der Waals surface area contributed by atoms with Crippen LogP contribution < -0.4 is 10.1 Å². The van der Waals surface area contributed by atoms with E-state index in [1.54, 1.807) is 12.7 Å². The summed E-state index contributed by atoms with van der Waals surface area (Å²) in [5.41, 5.74) is 3.47. The SMILES string of the molecule is COc1ccc2c(c1)[C@@]13CCC=C[C@H]1[C@H](C2)NCC3.Cl. The second kappa shape index (κ2) is 5.09. The van der Waals surface area contributed by atoms with Gasteiger partial charge in [-0.3, -0.25) is 0 Å². The number of hydrogen-bond donors (Lipinski definition) is 1. The molecule has 2 bridgehead atoms. The minimum absolute atomic E-state index is 0. The van der Waals surface area contributed by atoms with Gasteiger partial charge in [-0.2, -0.15) is 0 Å². The number of rotatable bonds is 1. The van der Waals surface area contributed by atoms with Crippen LogP contribution in [0.2, 0.25) is 0 Å². The zero-order chi connectivity index (χ0) is 12.9. The Balaban J connectivity index is 0.00000121. The summed E-state index contributed by atoms with van der Waals surface area (Å²) < 4.78 is 5.46. The first-order valence-electron chi connectivity index (χ1n) is 7.41. The van der Waals surface area contributed by atoms with Gasteiger partial charge in [0.15, 0.2) is 0 Å². The van der Waals surface area contributed by atoms with Gasteiger partial charge < -0.3 is 10.1 Å². The first kappa shape index (κ1) is 14.0. The van der Waals surface area contributed by atoms with Gasteiger partial charge in [0.1, 0.15) is 5.75 Å². The van der Waals surface area contributed by atoms with Crippen LogP contribution in [0.4, 0.5) is 0 Å². The molecule has 20 heavy (non-hydrogen) atoms. The standard InChI is InChI=1S/C17H21NO.ClH/c1-19-13-6-5-12-10-16-14-4-2-3-7-17(14,8-9-18-16)15(12)11-13;/h2,4-6,11,14,16,18H,3,7-10H2,1H3;1H/t14-,16-,17+;/m0./s1. The smallest absolute Gasteiger partial charge is 0.119 e. The van der Waals surface area contributed by atoms with Crippen molar-refractivity contribution in [3.8, 4) is 5.75 Å². The summed E-state index contributed by atoms with van der Waals surface area (Å²) in [5, 5.41) is 3.73. The van der Waals surface area contributed by atoms with Crippen LogP contribution in [-0.2, 0) is 11.8 Å². The number of fused-ring (bicyclic) bond motifs is 1. The molecule has 0 amide bonds. The summed E-state index contributed by atoms with van der Waals surface area (Å²) in [6.45, 7) is 1.16. The minimum atomic E-state index is 0. The van der Waals surface area contributed by atoms with Gasteiger partial charge in [0.2, 0.25) is 0 Å². The van der Waals surface area contributed by atoms with Crippen molar-refractivity contribution in [2.45, 2.75) is 37.1 Å². The molecule has 1 aromatic carbocycles. The molecular weight excluding hydrogens is 270 g/mol. The van der Waals surface area contributed by atoms with Crippen molar-refractivity contribution >= 4 is 12.4 Å². The molecule has 108 valence electrons. The summed E-state index contributed by atoms with van der Waals surface area (Å²) in [5.74, 6) is 1.69. The van der Waals surface area contributed by atoms with E-state index in [-0.39, 0.29) is 12.4 Å². The molecule has 0 unspecified atom stereocenters. The maximum Gasteiger partial charge on any atom is 0.119 e. The highest BCUT2D eigenvalue weighted by molar-refractivity contribution is 5.85. The number of piperidine rings is 1. The van der Waals surface area contributed by atoms with Gasteiger partial charge in [0.25, 0.3) is 0 Å². The lowest BCUT2D eigenvalue weighted by Crippen LogP contribution is -2.58. The lowest BCUT2D eigenvalue weighted by atomic mass is 9.54. The van der Waals surface area contributed by atoms with E-state index in [4.69, 9.17) is 4.74 Å². The fraction of sp³-hybridized carbons (Fsp3) is 0.529. The van der Waals surface area contributed by atoms with Crippen LogP contribution in [0.3, 0.4) is 0 Å². The molecule has 1 saturated heterocycles. The van der Waals surface area contributed by atoms with Crippen molar-refractivity contribution in [1.29, 1.82) is 0 Å². The van der Waals surface area contributed by atoms with E-state index in [2.05, 4.69) is 35.7 Å². The van der Waals surface area contributed by atoms with Crippen molar-refractivity contribution in [2.75, 3.05) is 13.7 Å². The van der Waals surface area contributed by atoms with Gasteiger partial charge in [0, 0.05) is 17.4 Å². The highest BCUT2D eigenvalue weighted by Gasteiger charge is 2.50. The molecule has 2 nitrogen and oxygen atoms in total. The first-order chi connectivity index (χ1) is 9.33. The summed E-state index contributed by atoms with van der Waals surface area (Å²) in [6, 6.07) is 7.34. The van der Waals surface area contributed by atoms with Crippen LogP contribution in [0.25, 0.3) is 0 Å². The summed E-state index contributed by atoms with van der Waals surface area (Å²) in [4.78, 5) is 0. The third-order valence-corrected chi connectivity index (χ3v) is 5.44. The molecule has 3 atom stereocenters. The molecule has 1 aromatic rings. The number of methoxy groups -OCH3 is 1. The summed E-state index contributed by atoms with van der Waals surface area (Å²) >= 11 is 0. The van der Waals surface area contributed by atoms with Gasteiger partial charge in [0.05, 0.1) is 7.11 Å². The van der Waals surface area contributed by atoms with Crippen LogP contribution >= 0.6 is 12.4 Å². The third-order valence-electron chi connectivity index (χ3n) is 5.44. The third kappa shape index (κ3) is 1.82. The van der Waals surface area contributed by atoms with E-state index >= 15 is 0 Å². The van der Waals surface area contributed by atoms with Gasteiger partial charge in [-0.25, -0.2) is 0 Å². The van der Waals surface area contributed by atoms with Gasteiger partial charge in [-0.15, -0.1) is 12.4 Å². The topological polar surface area (TPSA) is 21.3 Å². The fourth-order valence-corrected chi connectivity index (χ4v) is 4.56. The maximum absolute atomic E-state index is 5.46. The predicted molar refractivity (Wildman–Crippen MR) is 83.9 cm³/mol. The number of allylic oxidation sites excluding steroid dienone is 1. The molecule has 1 heterocycles. The highest BCUT2D eigenvalue weighted by atomic mass is 35.5. The van der Waals surface area contributed by atoms with Crippen LogP contribution in [0, 0.1) is 5.92 Å². The molecule has 0 aromatic heterocycles. The van der Waals surface area contributed by atoms with Crippen molar-refractivity contribution < 1.29 is 4.74 Å². The predicted octanol–water partition coefficient (Wildman–Crippen LogP) is 3.24. The molecule has 0 spiro atoms. The molecule has 2 aliphatic carbocycles. The van der Waals surface area contributed by atoms with E-state index in [1.807, 2.05) is 0 Å². The summed E-state index contributed by atoms with van der Waals surface area (Å²) in [7, 11) is 1.77. The number of benzene rings is 1. The van der Waals surface area contributed by atoms with Crippen molar-refractivity contribution in [3.05, 3.63) is 41.5 Å². The molecule has 1 N–H and O–H groups in total.